The summed E-state index contributed by atoms with van der Waals surface area (Å²) in [7, 11) is 1.45. The van der Waals surface area contributed by atoms with Crippen LogP contribution in [0.3, 0.4) is 0 Å². The molecule has 39 heavy (non-hydrogen) atoms. The molecule has 210 valence electrons. The Balaban J connectivity index is 1.41. The monoisotopic (exact) mass is 532 g/mol. The number of ketones is 1. The van der Waals surface area contributed by atoms with Crippen LogP contribution in [0, 0.1) is 46.3 Å². The molecule has 4 aliphatic rings. The minimum Gasteiger partial charge on any atom is -0.469 e. The lowest BCUT2D eigenvalue weighted by Gasteiger charge is -2.62. The van der Waals surface area contributed by atoms with Gasteiger partial charge in [0, 0.05) is 18.0 Å². The molecule has 0 radical (unpaired) electrons. The number of rotatable bonds is 6. The van der Waals surface area contributed by atoms with Gasteiger partial charge in [-0.15, -0.1) is 5.10 Å². The maximum Gasteiger partial charge on any atom is 0.305 e. The number of Topliss-reactive ketones (excluding diaryl/α,β-unsaturated/α-hetero) is 1. The van der Waals surface area contributed by atoms with E-state index in [1.165, 1.54) is 45.6 Å². The van der Waals surface area contributed by atoms with Gasteiger partial charge in [-0.05, 0) is 98.0 Å². The zero-order valence-corrected chi connectivity index (χ0v) is 24.0. The van der Waals surface area contributed by atoms with Crippen molar-refractivity contribution < 1.29 is 14.3 Å². The van der Waals surface area contributed by atoms with Gasteiger partial charge in [0.25, 0.3) is 0 Å². The van der Waals surface area contributed by atoms with E-state index in [9.17, 15) is 4.79 Å². The summed E-state index contributed by atoms with van der Waals surface area (Å²) in [4.78, 5) is 31.5. The molecule has 4 aliphatic carbocycles. The maximum atomic E-state index is 15.1. The number of esters is 1. The third kappa shape index (κ3) is 4.17. The van der Waals surface area contributed by atoms with Gasteiger partial charge in [0.1, 0.15) is 11.7 Å². The molecule has 9 atom stereocenters. The van der Waals surface area contributed by atoms with E-state index in [1.807, 2.05) is 29.1 Å². The molecule has 4 fully saturated rings. The lowest BCUT2D eigenvalue weighted by atomic mass is 9.43. The fourth-order valence-corrected chi connectivity index (χ4v) is 10.0. The Morgan fingerprint density at radius 1 is 1.13 bits per heavy atom. The molecule has 0 saturated heterocycles. The predicted octanol–water partition coefficient (Wildman–Crippen LogP) is 6.31. The van der Waals surface area contributed by atoms with Gasteiger partial charge in [-0.3, -0.25) is 14.6 Å². The largest absolute Gasteiger partial charge is 0.469 e. The van der Waals surface area contributed by atoms with Gasteiger partial charge < -0.3 is 4.74 Å². The third-order valence-corrected chi connectivity index (χ3v) is 11.9. The lowest BCUT2D eigenvalue weighted by Crippen LogP contribution is -2.61. The molecule has 7 heteroatoms. The molecular formula is C32H44N4O3. The van der Waals surface area contributed by atoms with E-state index in [2.05, 4.69) is 36.1 Å². The Morgan fingerprint density at radius 3 is 2.74 bits per heavy atom. The van der Waals surface area contributed by atoms with E-state index in [-0.39, 0.29) is 35.2 Å². The van der Waals surface area contributed by atoms with Crippen molar-refractivity contribution in [2.45, 2.75) is 91.0 Å². The second-order valence-corrected chi connectivity index (χ2v) is 13.5. The van der Waals surface area contributed by atoms with Crippen molar-refractivity contribution in [2.75, 3.05) is 7.11 Å². The molecule has 4 saturated carbocycles. The van der Waals surface area contributed by atoms with Crippen molar-refractivity contribution in [1.82, 2.24) is 20.0 Å². The summed E-state index contributed by atoms with van der Waals surface area (Å²) in [5, 5.41) is 9.18. The first-order valence-corrected chi connectivity index (χ1v) is 15.2. The van der Waals surface area contributed by atoms with Crippen molar-refractivity contribution in [3.63, 3.8) is 0 Å². The minimum absolute atomic E-state index is 0.147. The summed E-state index contributed by atoms with van der Waals surface area (Å²) in [6, 6.07) is 5.51. The number of aromatic nitrogens is 4. The number of hydrogen-bond acceptors (Lipinski definition) is 6. The SMILES string of the molecule is COC(=O)CC[C@@H](C)C1CCC2C3CC[C@@H]4CCCC[C@]4(C)C3[C@H](n3cc(-c4ccccn4)nn3)C(=O)[C@@]21C. The van der Waals surface area contributed by atoms with E-state index in [1.54, 1.807) is 6.20 Å². The van der Waals surface area contributed by atoms with Crippen molar-refractivity contribution in [3.8, 4) is 11.4 Å². The maximum absolute atomic E-state index is 15.1. The fourth-order valence-electron chi connectivity index (χ4n) is 10.0. The third-order valence-electron chi connectivity index (χ3n) is 11.9. The number of fused-ring (bicyclic) bond motifs is 5. The molecule has 0 amide bonds. The van der Waals surface area contributed by atoms with Crippen LogP contribution in [0.1, 0.15) is 91.0 Å². The van der Waals surface area contributed by atoms with Gasteiger partial charge in [-0.1, -0.05) is 44.9 Å². The van der Waals surface area contributed by atoms with E-state index < -0.39 is 5.41 Å². The second kappa shape index (κ2) is 10.1. The Labute approximate surface area is 232 Å². The number of ether oxygens (including phenoxy) is 1. The summed E-state index contributed by atoms with van der Waals surface area (Å²) in [5.41, 5.74) is 1.24. The molecule has 4 unspecified atom stereocenters. The highest BCUT2D eigenvalue weighted by Gasteiger charge is 2.67. The number of methoxy groups -OCH3 is 1. The molecule has 0 aliphatic heterocycles. The molecular weight excluding hydrogens is 488 g/mol. The first-order chi connectivity index (χ1) is 18.8. The van der Waals surface area contributed by atoms with Crippen LogP contribution in [-0.4, -0.2) is 38.8 Å². The highest BCUT2D eigenvalue weighted by molar-refractivity contribution is 5.90. The lowest BCUT2D eigenvalue weighted by molar-refractivity contribution is -0.170. The summed E-state index contributed by atoms with van der Waals surface area (Å²) < 4.78 is 6.87. The summed E-state index contributed by atoms with van der Waals surface area (Å²) in [6.45, 7) is 7.00. The number of nitrogens with zero attached hydrogens (tertiary/aromatic N) is 4. The topological polar surface area (TPSA) is 87.0 Å². The van der Waals surface area contributed by atoms with Crippen LogP contribution in [0.5, 0.6) is 0 Å². The zero-order chi connectivity index (χ0) is 27.4. The van der Waals surface area contributed by atoms with Gasteiger partial charge in [0.2, 0.25) is 0 Å². The van der Waals surface area contributed by atoms with Gasteiger partial charge in [0.15, 0.2) is 5.78 Å². The highest BCUT2D eigenvalue weighted by atomic mass is 16.5. The fraction of sp³-hybridized carbons (Fsp3) is 0.719. The average Bonchev–Trinajstić information content (AvgIpc) is 3.58. The molecule has 0 aromatic carbocycles. The smallest absolute Gasteiger partial charge is 0.305 e. The zero-order valence-electron chi connectivity index (χ0n) is 24.0. The van der Waals surface area contributed by atoms with Crippen LogP contribution in [0.4, 0.5) is 0 Å². The molecule has 2 aromatic heterocycles. The van der Waals surface area contributed by atoms with Crippen LogP contribution in [-0.2, 0) is 14.3 Å². The van der Waals surface area contributed by atoms with Crippen molar-refractivity contribution in [3.05, 3.63) is 30.6 Å². The van der Waals surface area contributed by atoms with E-state index >= 15 is 4.79 Å². The Morgan fingerprint density at radius 2 is 1.97 bits per heavy atom. The first-order valence-electron chi connectivity index (χ1n) is 15.2. The second-order valence-electron chi connectivity index (χ2n) is 13.5. The molecule has 7 nitrogen and oxygen atoms in total. The predicted molar refractivity (Wildman–Crippen MR) is 148 cm³/mol. The minimum atomic E-state index is -0.420. The number of carbonyl (C=O) groups excluding carboxylic acids is 2. The summed E-state index contributed by atoms with van der Waals surface area (Å²) >= 11 is 0. The molecule has 2 aromatic rings. The molecule has 0 spiro atoms. The van der Waals surface area contributed by atoms with E-state index in [0.717, 1.165) is 30.7 Å². The molecule has 0 bridgehead atoms. The number of carbonyl (C=O) groups is 2. The van der Waals surface area contributed by atoms with Gasteiger partial charge >= 0.3 is 5.97 Å². The summed E-state index contributed by atoms with van der Waals surface area (Å²) in [6.07, 6.45) is 14.6. The van der Waals surface area contributed by atoms with E-state index in [0.29, 0.717) is 30.0 Å². The van der Waals surface area contributed by atoms with Gasteiger partial charge in [0.05, 0.1) is 19.0 Å². The Hall–Kier alpha value is -2.57. The first kappa shape index (κ1) is 26.6. The number of hydrogen-bond donors (Lipinski definition) is 0. The van der Waals surface area contributed by atoms with Gasteiger partial charge in [-0.25, -0.2) is 4.68 Å². The van der Waals surface area contributed by atoms with Crippen LogP contribution in [0.15, 0.2) is 30.6 Å². The van der Waals surface area contributed by atoms with Crippen LogP contribution in [0.25, 0.3) is 11.4 Å². The van der Waals surface area contributed by atoms with Crippen LogP contribution in [0.2, 0.25) is 0 Å². The van der Waals surface area contributed by atoms with Crippen molar-refractivity contribution in [1.29, 1.82) is 0 Å². The highest BCUT2D eigenvalue weighted by Crippen LogP contribution is 2.69. The van der Waals surface area contributed by atoms with E-state index in [4.69, 9.17) is 4.74 Å². The normalized spacial score (nSPS) is 38.4. The molecule has 2 heterocycles. The van der Waals surface area contributed by atoms with Crippen LogP contribution < -0.4 is 0 Å². The van der Waals surface area contributed by atoms with Crippen LogP contribution >= 0.6 is 0 Å². The standard InChI is InChI=1S/C32H44N4O3/c1-20(11-16-27(37)39-4)23-14-15-24-22-13-12-21-9-5-7-17-31(21,2)28(22)29(30(38)32(23,24)3)36-19-26(34-35-36)25-10-6-8-18-33-25/h6,8,10,18-24,28-29H,5,7,9,11-17H2,1-4H3/t20-,21+,22?,23?,24?,28?,29+,31+,32-/m1/s1. The Bertz CT molecular complexity index is 1210. The molecule has 0 N–H and O–H groups in total. The quantitative estimate of drug-likeness (QED) is 0.405. The van der Waals surface area contributed by atoms with Crippen molar-refractivity contribution >= 4 is 11.8 Å². The average molecular weight is 533 g/mol. The Kier molecular flexibility index (Phi) is 6.91. The van der Waals surface area contributed by atoms with Crippen molar-refractivity contribution in [2.24, 2.45) is 46.3 Å². The molecule has 6 rings (SSSR count). The summed E-state index contributed by atoms with van der Waals surface area (Å²) in [5.74, 6) is 2.61. The van der Waals surface area contributed by atoms with Gasteiger partial charge in [-0.2, -0.15) is 0 Å². The number of pyridine rings is 1.